The Morgan fingerprint density at radius 1 is 1.44 bits per heavy atom. The van der Waals surface area contributed by atoms with E-state index in [0.717, 1.165) is 11.0 Å². The number of thioether (sulfide) groups is 1. The van der Waals surface area contributed by atoms with E-state index in [4.69, 9.17) is 5.11 Å². The van der Waals surface area contributed by atoms with E-state index in [1.165, 1.54) is 37.4 Å². The molecular formula is C12H17N3O2S. The Balaban J connectivity index is 1.73. The van der Waals surface area contributed by atoms with Crippen LogP contribution >= 0.6 is 11.8 Å². The molecule has 6 heteroatoms. The van der Waals surface area contributed by atoms with Crippen molar-refractivity contribution < 1.29 is 9.90 Å². The second kappa shape index (κ2) is 4.57. The summed E-state index contributed by atoms with van der Waals surface area (Å²) in [4.78, 5) is 10.8. The molecular weight excluding hydrogens is 250 g/mol. The van der Waals surface area contributed by atoms with Gasteiger partial charge in [0.25, 0.3) is 0 Å². The maximum atomic E-state index is 10.8. The van der Waals surface area contributed by atoms with Gasteiger partial charge in [-0.25, -0.2) is 0 Å². The number of hydrogen-bond acceptors (Lipinski definition) is 4. The van der Waals surface area contributed by atoms with Crippen molar-refractivity contribution >= 4 is 17.7 Å². The van der Waals surface area contributed by atoms with E-state index in [1.807, 2.05) is 0 Å². The van der Waals surface area contributed by atoms with E-state index in [2.05, 4.69) is 14.8 Å². The van der Waals surface area contributed by atoms with Gasteiger partial charge in [0.1, 0.15) is 5.82 Å². The van der Waals surface area contributed by atoms with E-state index in [0.29, 0.717) is 17.7 Å². The number of aromatic nitrogens is 3. The molecule has 0 spiro atoms. The highest BCUT2D eigenvalue weighted by Gasteiger charge is 2.36. The lowest BCUT2D eigenvalue weighted by Crippen LogP contribution is -2.12. The van der Waals surface area contributed by atoms with Crippen LogP contribution in [0, 0.1) is 5.92 Å². The molecule has 1 atom stereocenters. The zero-order valence-electron chi connectivity index (χ0n) is 10.4. The Morgan fingerprint density at radius 3 is 2.72 bits per heavy atom. The average Bonchev–Trinajstić information content (AvgIpc) is 3.24. The van der Waals surface area contributed by atoms with Crippen LogP contribution in [0.3, 0.4) is 0 Å². The van der Waals surface area contributed by atoms with E-state index in [9.17, 15) is 4.79 Å². The first-order valence-corrected chi connectivity index (χ1v) is 7.45. The highest BCUT2D eigenvalue weighted by molar-refractivity contribution is 7.99. The molecule has 2 fully saturated rings. The molecule has 18 heavy (non-hydrogen) atoms. The molecule has 98 valence electrons. The molecule has 0 saturated heterocycles. The molecule has 1 aromatic heterocycles. The fourth-order valence-electron chi connectivity index (χ4n) is 1.95. The van der Waals surface area contributed by atoms with Gasteiger partial charge in [0.05, 0.1) is 5.92 Å². The van der Waals surface area contributed by atoms with Crippen molar-refractivity contribution in [3.63, 3.8) is 0 Å². The highest BCUT2D eigenvalue weighted by atomic mass is 32.2. The summed E-state index contributed by atoms with van der Waals surface area (Å²) in [5.74, 6) is 1.20. The zero-order chi connectivity index (χ0) is 12.7. The maximum absolute atomic E-state index is 10.8. The number of rotatable bonds is 6. The fraction of sp³-hybridized carbons (Fsp3) is 0.750. The van der Waals surface area contributed by atoms with E-state index in [-0.39, 0.29) is 5.92 Å². The monoisotopic (exact) mass is 267 g/mol. The largest absolute Gasteiger partial charge is 0.481 e. The molecule has 3 rings (SSSR count). The standard InChI is InChI=1S/C12H17N3O2S/c1-7(11(16)17)6-18-12-14-13-10(8-2-3-8)15(12)9-4-5-9/h7-9H,2-6H2,1H3,(H,16,17). The van der Waals surface area contributed by atoms with Crippen molar-refractivity contribution in [1.29, 1.82) is 0 Å². The number of carbonyl (C=O) groups is 1. The molecule has 2 aliphatic rings. The van der Waals surface area contributed by atoms with E-state index >= 15 is 0 Å². The predicted octanol–water partition coefficient (Wildman–Crippen LogP) is 2.30. The number of aliphatic carboxylic acids is 1. The summed E-state index contributed by atoms with van der Waals surface area (Å²) in [6.07, 6.45) is 4.86. The third kappa shape index (κ3) is 2.39. The molecule has 0 radical (unpaired) electrons. The van der Waals surface area contributed by atoms with Gasteiger partial charge in [-0.05, 0) is 25.7 Å². The molecule has 0 aromatic carbocycles. The average molecular weight is 267 g/mol. The quantitative estimate of drug-likeness (QED) is 0.801. The summed E-state index contributed by atoms with van der Waals surface area (Å²) < 4.78 is 2.26. The summed E-state index contributed by atoms with van der Waals surface area (Å²) in [6.45, 7) is 1.73. The highest BCUT2D eigenvalue weighted by Crippen LogP contribution is 2.46. The van der Waals surface area contributed by atoms with Gasteiger partial charge in [0, 0.05) is 17.7 Å². The lowest BCUT2D eigenvalue weighted by Gasteiger charge is -2.09. The third-order valence-corrected chi connectivity index (χ3v) is 4.63. The number of nitrogens with zero attached hydrogens (tertiary/aromatic N) is 3. The summed E-state index contributed by atoms with van der Waals surface area (Å²) in [6, 6.07) is 0.568. The maximum Gasteiger partial charge on any atom is 0.307 e. The third-order valence-electron chi connectivity index (χ3n) is 3.43. The van der Waals surface area contributed by atoms with E-state index < -0.39 is 5.97 Å². The molecule has 2 aliphatic carbocycles. The number of hydrogen-bond donors (Lipinski definition) is 1. The second-order valence-electron chi connectivity index (χ2n) is 5.27. The zero-order valence-corrected chi connectivity index (χ0v) is 11.2. The van der Waals surface area contributed by atoms with Crippen LogP contribution in [0.15, 0.2) is 5.16 Å². The molecule has 1 unspecified atom stereocenters. The molecule has 0 bridgehead atoms. The van der Waals surface area contributed by atoms with Gasteiger partial charge in [-0.1, -0.05) is 18.7 Å². The summed E-state index contributed by atoms with van der Waals surface area (Å²) >= 11 is 1.53. The van der Waals surface area contributed by atoms with Crippen molar-refractivity contribution in [3.05, 3.63) is 5.82 Å². The Hall–Kier alpha value is -1.04. The number of carboxylic acid groups (broad SMARTS) is 1. The fourth-order valence-corrected chi connectivity index (χ4v) is 2.98. The lowest BCUT2D eigenvalue weighted by atomic mass is 10.2. The van der Waals surface area contributed by atoms with Gasteiger partial charge >= 0.3 is 5.97 Å². The van der Waals surface area contributed by atoms with Crippen molar-refractivity contribution in [2.75, 3.05) is 5.75 Å². The van der Waals surface area contributed by atoms with Crippen LogP contribution in [0.2, 0.25) is 0 Å². The minimum atomic E-state index is -0.748. The van der Waals surface area contributed by atoms with Crippen LogP contribution in [-0.2, 0) is 4.79 Å². The van der Waals surface area contributed by atoms with Crippen molar-refractivity contribution in [3.8, 4) is 0 Å². The second-order valence-corrected chi connectivity index (χ2v) is 6.25. The molecule has 5 nitrogen and oxygen atoms in total. The minimum Gasteiger partial charge on any atom is -0.481 e. The summed E-state index contributed by atoms with van der Waals surface area (Å²) in [5.41, 5.74) is 0. The summed E-state index contributed by atoms with van der Waals surface area (Å²) in [7, 11) is 0. The van der Waals surface area contributed by atoms with Crippen molar-refractivity contribution in [2.45, 2.75) is 49.7 Å². The lowest BCUT2D eigenvalue weighted by molar-refractivity contribution is -0.140. The van der Waals surface area contributed by atoms with Gasteiger partial charge in [-0.2, -0.15) is 0 Å². The smallest absolute Gasteiger partial charge is 0.307 e. The molecule has 1 N–H and O–H groups in total. The summed E-state index contributed by atoms with van der Waals surface area (Å²) in [5, 5.41) is 18.4. The van der Waals surface area contributed by atoms with Gasteiger partial charge in [-0.15, -0.1) is 10.2 Å². The van der Waals surface area contributed by atoms with Crippen LogP contribution in [0.1, 0.15) is 50.4 Å². The molecule has 0 amide bonds. The van der Waals surface area contributed by atoms with Gasteiger partial charge in [0.15, 0.2) is 5.16 Å². The molecule has 0 aliphatic heterocycles. The Morgan fingerprint density at radius 2 is 2.17 bits per heavy atom. The van der Waals surface area contributed by atoms with Crippen LogP contribution in [-0.4, -0.2) is 31.6 Å². The number of carboxylic acids is 1. The van der Waals surface area contributed by atoms with Crippen LogP contribution in [0.25, 0.3) is 0 Å². The van der Waals surface area contributed by atoms with Crippen molar-refractivity contribution in [1.82, 2.24) is 14.8 Å². The van der Waals surface area contributed by atoms with Gasteiger partial charge in [-0.3, -0.25) is 4.79 Å². The predicted molar refractivity (Wildman–Crippen MR) is 67.8 cm³/mol. The first kappa shape index (κ1) is 12.0. The van der Waals surface area contributed by atoms with Crippen LogP contribution in [0.4, 0.5) is 0 Å². The SMILES string of the molecule is CC(CSc1nnc(C2CC2)n1C1CC1)C(=O)O. The molecule has 1 heterocycles. The van der Waals surface area contributed by atoms with E-state index in [1.54, 1.807) is 6.92 Å². The Kier molecular flexibility index (Phi) is 3.05. The Bertz CT molecular complexity index is 466. The first-order valence-electron chi connectivity index (χ1n) is 6.47. The Labute approximate surface area is 110 Å². The molecule has 1 aromatic rings. The van der Waals surface area contributed by atoms with Crippen LogP contribution < -0.4 is 0 Å². The van der Waals surface area contributed by atoms with Gasteiger partial charge in [0.2, 0.25) is 0 Å². The van der Waals surface area contributed by atoms with Crippen molar-refractivity contribution in [2.24, 2.45) is 5.92 Å². The van der Waals surface area contributed by atoms with Gasteiger partial charge < -0.3 is 9.67 Å². The topological polar surface area (TPSA) is 68.0 Å². The van der Waals surface area contributed by atoms with Crippen LogP contribution in [0.5, 0.6) is 0 Å². The molecule has 2 saturated carbocycles. The first-order chi connectivity index (χ1) is 8.66. The normalized spacial score (nSPS) is 20.9. The minimum absolute atomic E-state index is 0.344.